The van der Waals surface area contributed by atoms with E-state index in [9.17, 15) is 8.42 Å². The minimum Gasteiger partial charge on any atom is -0.491 e. The first-order valence-corrected chi connectivity index (χ1v) is 7.37. The first-order valence-electron chi connectivity index (χ1n) is 5.93. The Morgan fingerprint density at radius 3 is 2.95 bits per heavy atom. The molecule has 0 spiro atoms. The van der Waals surface area contributed by atoms with Gasteiger partial charge in [0.05, 0.1) is 18.5 Å². The lowest BCUT2D eigenvalue weighted by Gasteiger charge is -2.22. The Balaban J connectivity index is 2.10. The highest BCUT2D eigenvalue weighted by Crippen LogP contribution is 2.34. The molecule has 1 aliphatic rings. The molecule has 1 aliphatic heterocycles. The van der Waals surface area contributed by atoms with E-state index in [2.05, 4.69) is 10.2 Å². The third-order valence-electron chi connectivity index (χ3n) is 2.96. The van der Waals surface area contributed by atoms with E-state index in [1.807, 2.05) is 6.07 Å². The summed E-state index contributed by atoms with van der Waals surface area (Å²) in [5.74, 6) is 0.590. The monoisotopic (exact) mass is 279 g/mol. The molecule has 0 atom stereocenters. The number of nitrogens with zero attached hydrogens (tertiary/aromatic N) is 2. The number of hydrogen-bond acceptors (Lipinski definition) is 4. The lowest BCUT2D eigenvalue weighted by Crippen LogP contribution is -2.31. The molecule has 0 fully saturated rings. The summed E-state index contributed by atoms with van der Waals surface area (Å²) < 4.78 is 32.1. The normalized spacial score (nSPS) is 15.5. The minimum absolute atomic E-state index is 0.157. The molecule has 0 amide bonds. The van der Waals surface area contributed by atoms with Crippen molar-refractivity contribution in [2.45, 2.75) is 11.3 Å². The second-order valence-corrected chi connectivity index (χ2v) is 6.04. The van der Waals surface area contributed by atoms with Crippen LogP contribution in [-0.2, 0) is 10.0 Å². The number of ether oxygens (including phenoxy) is 1. The van der Waals surface area contributed by atoms with Crippen molar-refractivity contribution < 1.29 is 13.2 Å². The molecule has 1 aromatic carbocycles. The SMILES string of the molecule is O=S(=O)(c1cn[nH]c1)N1CCCOc2ccccc21. The average Bonchev–Trinajstić information content (AvgIpc) is 2.86. The van der Waals surface area contributed by atoms with E-state index < -0.39 is 10.0 Å². The van der Waals surface area contributed by atoms with E-state index >= 15 is 0 Å². The van der Waals surface area contributed by atoms with Gasteiger partial charge in [-0.3, -0.25) is 9.40 Å². The molecule has 0 unspecified atom stereocenters. The lowest BCUT2D eigenvalue weighted by molar-refractivity contribution is 0.322. The molecule has 2 aromatic rings. The van der Waals surface area contributed by atoms with Crippen LogP contribution in [0.3, 0.4) is 0 Å². The summed E-state index contributed by atoms with van der Waals surface area (Å²) in [5, 5.41) is 6.23. The van der Waals surface area contributed by atoms with Crippen LogP contribution in [0.4, 0.5) is 5.69 Å². The van der Waals surface area contributed by atoms with Crippen molar-refractivity contribution in [1.82, 2.24) is 10.2 Å². The first-order chi connectivity index (χ1) is 9.19. The van der Waals surface area contributed by atoms with Crippen molar-refractivity contribution in [2.24, 2.45) is 0 Å². The maximum Gasteiger partial charge on any atom is 0.267 e. The third-order valence-corrected chi connectivity index (χ3v) is 4.74. The van der Waals surface area contributed by atoms with E-state index in [0.717, 1.165) is 0 Å². The van der Waals surface area contributed by atoms with Crippen molar-refractivity contribution >= 4 is 15.7 Å². The van der Waals surface area contributed by atoms with Gasteiger partial charge in [-0.15, -0.1) is 0 Å². The van der Waals surface area contributed by atoms with E-state index in [0.29, 0.717) is 31.0 Å². The van der Waals surface area contributed by atoms with Crippen molar-refractivity contribution in [3.05, 3.63) is 36.7 Å². The summed E-state index contributed by atoms with van der Waals surface area (Å²) >= 11 is 0. The fourth-order valence-corrected chi connectivity index (χ4v) is 3.47. The summed E-state index contributed by atoms with van der Waals surface area (Å²) in [7, 11) is -3.60. The number of nitrogens with one attached hydrogen (secondary N) is 1. The fraction of sp³-hybridized carbons (Fsp3) is 0.250. The van der Waals surface area contributed by atoms with E-state index in [1.165, 1.54) is 16.7 Å². The molecule has 2 heterocycles. The van der Waals surface area contributed by atoms with Gasteiger partial charge in [-0.05, 0) is 12.1 Å². The number of para-hydroxylation sites is 2. The second-order valence-electron chi connectivity index (χ2n) is 4.18. The molecular weight excluding hydrogens is 266 g/mol. The molecule has 0 saturated heterocycles. The number of anilines is 1. The van der Waals surface area contributed by atoms with E-state index in [1.54, 1.807) is 18.2 Å². The molecule has 0 bridgehead atoms. The van der Waals surface area contributed by atoms with Crippen molar-refractivity contribution in [1.29, 1.82) is 0 Å². The molecule has 0 saturated carbocycles. The van der Waals surface area contributed by atoms with E-state index in [4.69, 9.17) is 4.74 Å². The zero-order valence-corrected chi connectivity index (χ0v) is 10.9. The van der Waals surface area contributed by atoms with Gasteiger partial charge in [0.2, 0.25) is 0 Å². The number of aromatic nitrogens is 2. The Morgan fingerprint density at radius 1 is 1.32 bits per heavy atom. The Kier molecular flexibility index (Phi) is 2.90. The van der Waals surface area contributed by atoms with Crippen LogP contribution in [0.2, 0.25) is 0 Å². The van der Waals surface area contributed by atoms with Crippen LogP contribution in [0.15, 0.2) is 41.6 Å². The number of aromatic amines is 1. The summed E-state index contributed by atoms with van der Waals surface area (Å²) in [6.45, 7) is 0.902. The number of rotatable bonds is 2. The summed E-state index contributed by atoms with van der Waals surface area (Å²) in [6.07, 6.45) is 3.33. The number of sulfonamides is 1. The summed E-state index contributed by atoms with van der Waals surface area (Å²) in [6, 6.07) is 7.15. The molecule has 1 aromatic heterocycles. The van der Waals surface area contributed by atoms with Gasteiger partial charge in [-0.2, -0.15) is 5.10 Å². The molecule has 0 radical (unpaired) electrons. The Morgan fingerprint density at radius 2 is 2.16 bits per heavy atom. The van der Waals surface area contributed by atoms with Crippen LogP contribution < -0.4 is 9.04 Å². The van der Waals surface area contributed by atoms with Crippen LogP contribution in [-0.4, -0.2) is 31.8 Å². The van der Waals surface area contributed by atoms with Crippen LogP contribution in [0.5, 0.6) is 5.75 Å². The fourth-order valence-electron chi connectivity index (χ4n) is 2.05. The van der Waals surface area contributed by atoms with Gasteiger partial charge in [0.25, 0.3) is 10.0 Å². The number of fused-ring (bicyclic) bond motifs is 1. The molecule has 0 aliphatic carbocycles. The van der Waals surface area contributed by atoms with E-state index in [-0.39, 0.29) is 4.90 Å². The zero-order valence-electron chi connectivity index (χ0n) is 10.1. The smallest absolute Gasteiger partial charge is 0.267 e. The quantitative estimate of drug-likeness (QED) is 0.901. The number of hydrogen-bond donors (Lipinski definition) is 1. The van der Waals surface area contributed by atoms with Gasteiger partial charge in [-0.25, -0.2) is 8.42 Å². The summed E-state index contributed by atoms with van der Waals surface area (Å²) in [4.78, 5) is 0.157. The predicted molar refractivity (Wildman–Crippen MR) is 69.7 cm³/mol. The number of H-pyrrole nitrogens is 1. The highest BCUT2D eigenvalue weighted by molar-refractivity contribution is 7.92. The molecule has 3 rings (SSSR count). The first kappa shape index (κ1) is 12.0. The summed E-state index contributed by atoms with van der Waals surface area (Å²) in [5.41, 5.74) is 0.571. The van der Waals surface area contributed by atoms with Crippen molar-refractivity contribution in [3.63, 3.8) is 0 Å². The van der Waals surface area contributed by atoms with Gasteiger partial charge in [0, 0.05) is 19.2 Å². The topological polar surface area (TPSA) is 75.3 Å². The highest BCUT2D eigenvalue weighted by Gasteiger charge is 2.29. The van der Waals surface area contributed by atoms with Crippen LogP contribution in [0, 0.1) is 0 Å². The standard InChI is InChI=1S/C12H13N3O3S/c16-19(17,10-8-13-14-9-10)15-6-3-7-18-12-5-2-1-4-11(12)15/h1-2,4-5,8-9H,3,6-7H2,(H,13,14). The maximum absolute atomic E-state index is 12.6. The number of benzene rings is 1. The predicted octanol–water partition coefficient (Wildman–Crippen LogP) is 1.39. The maximum atomic E-state index is 12.6. The average molecular weight is 279 g/mol. The second kappa shape index (κ2) is 4.58. The minimum atomic E-state index is -3.60. The van der Waals surface area contributed by atoms with Crippen molar-refractivity contribution in [2.75, 3.05) is 17.5 Å². The lowest BCUT2D eigenvalue weighted by atomic mass is 10.3. The zero-order chi connectivity index (χ0) is 13.3. The Bertz CT molecular complexity index is 667. The van der Waals surface area contributed by atoms with Gasteiger partial charge in [-0.1, -0.05) is 12.1 Å². The molecule has 7 heteroatoms. The van der Waals surface area contributed by atoms with Crippen molar-refractivity contribution in [3.8, 4) is 5.75 Å². The van der Waals surface area contributed by atoms with Gasteiger partial charge >= 0.3 is 0 Å². The van der Waals surface area contributed by atoms with Crippen LogP contribution in [0.1, 0.15) is 6.42 Å². The molecule has 19 heavy (non-hydrogen) atoms. The molecule has 6 nitrogen and oxygen atoms in total. The largest absolute Gasteiger partial charge is 0.491 e. The Hall–Kier alpha value is -2.02. The van der Waals surface area contributed by atoms with Gasteiger partial charge in [0.1, 0.15) is 10.6 Å². The molecule has 1 N–H and O–H groups in total. The Labute approximate surface area is 111 Å². The highest BCUT2D eigenvalue weighted by atomic mass is 32.2. The van der Waals surface area contributed by atoms with Gasteiger partial charge in [0.15, 0.2) is 0 Å². The molecule has 100 valence electrons. The van der Waals surface area contributed by atoms with Gasteiger partial charge < -0.3 is 4.74 Å². The third kappa shape index (κ3) is 2.06. The van der Waals surface area contributed by atoms with Crippen LogP contribution >= 0.6 is 0 Å². The van der Waals surface area contributed by atoms with Crippen LogP contribution in [0.25, 0.3) is 0 Å². The molecular formula is C12H13N3O3S.